The molecule has 6 heteroatoms. The number of hydrogen-bond donors (Lipinski definition) is 2. The summed E-state index contributed by atoms with van der Waals surface area (Å²) < 4.78 is 0. The van der Waals surface area contributed by atoms with Crippen LogP contribution in [0.15, 0.2) is 0 Å². The van der Waals surface area contributed by atoms with Gasteiger partial charge in [0.05, 0.1) is 0 Å². The molecule has 0 aromatic carbocycles. The molecule has 144 valence electrons. The van der Waals surface area contributed by atoms with E-state index in [1.54, 1.807) is 0 Å². The Morgan fingerprint density at radius 1 is 0.800 bits per heavy atom. The van der Waals surface area contributed by atoms with Crippen LogP contribution in [0.5, 0.6) is 0 Å². The van der Waals surface area contributed by atoms with Gasteiger partial charge in [-0.1, -0.05) is 13.3 Å². The first-order chi connectivity index (χ1) is 11.9. The van der Waals surface area contributed by atoms with Gasteiger partial charge in [0.1, 0.15) is 9.87 Å². The molecule has 2 saturated heterocycles. The molecule has 0 radical (unpaired) electrons. The second-order valence-electron chi connectivity index (χ2n) is 8.71. The molecule has 2 N–H and O–H groups in total. The van der Waals surface area contributed by atoms with Crippen molar-refractivity contribution < 1.29 is 10.2 Å². The van der Waals surface area contributed by atoms with Crippen molar-refractivity contribution in [2.45, 2.75) is 78.7 Å². The summed E-state index contributed by atoms with van der Waals surface area (Å²) in [6.07, 6.45) is 9.13. The Kier molecular flexibility index (Phi) is 5.99. The summed E-state index contributed by atoms with van der Waals surface area (Å²) in [6, 6.07) is 0. The Hall–Kier alpha value is 1.32. The lowest BCUT2D eigenvalue weighted by Gasteiger charge is -2.47. The highest BCUT2D eigenvalue weighted by Crippen LogP contribution is 2.57. The zero-order chi connectivity index (χ0) is 17.5. The molecule has 25 heavy (non-hydrogen) atoms. The summed E-state index contributed by atoms with van der Waals surface area (Å²) >= 11 is 7.76. The molecule has 0 aromatic rings. The second-order valence-corrected chi connectivity index (χ2v) is 13.9. The maximum atomic E-state index is 11.2. The first-order valence-electron chi connectivity index (χ1n) is 9.89. The Morgan fingerprint density at radius 3 is 2.52 bits per heavy atom. The fraction of sp³-hybridized carbons (Fsp3) is 1.00. The molecule has 4 aliphatic rings. The van der Waals surface area contributed by atoms with Crippen molar-refractivity contribution in [1.29, 1.82) is 0 Å². The predicted octanol–water partition coefficient (Wildman–Crippen LogP) is 4.83. The molecule has 2 aliphatic heterocycles. The zero-order valence-electron chi connectivity index (χ0n) is 15.2. The van der Waals surface area contributed by atoms with Crippen LogP contribution in [-0.2, 0) is 0 Å². The molecule has 2 saturated carbocycles. The van der Waals surface area contributed by atoms with Crippen molar-refractivity contribution in [3.05, 3.63) is 0 Å². The summed E-state index contributed by atoms with van der Waals surface area (Å²) in [4.78, 5) is -0.964. The topological polar surface area (TPSA) is 40.5 Å². The third-order valence-corrected chi connectivity index (χ3v) is 13.8. The second kappa shape index (κ2) is 7.62. The van der Waals surface area contributed by atoms with Crippen molar-refractivity contribution >= 4 is 47.0 Å². The zero-order valence-corrected chi connectivity index (χ0v) is 18.5. The summed E-state index contributed by atoms with van der Waals surface area (Å²) in [6.45, 7) is 2.47. The summed E-state index contributed by atoms with van der Waals surface area (Å²) in [5.74, 6) is 5.27. The number of hydrogen-bond acceptors (Lipinski definition) is 6. The number of thioether (sulfide) groups is 4. The molecule has 2 heterocycles. The minimum Gasteiger partial charge on any atom is -0.378 e. The van der Waals surface area contributed by atoms with Crippen LogP contribution in [-0.4, -0.2) is 53.6 Å². The summed E-state index contributed by atoms with van der Waals surface area (Å²) in [5.41, 5.74) is 0.293. The average molecular weight is 421 g/mol. The molecule has 6 atom stereocenters. The number of fused-ring (bicyclic) bond motifs is 2. The van der Waals surface area contributed by atoms with E-state index in [1.807, 2.05) is 35.3 Å². The van der Waals surface area contributed by atoms with Crippen LogP contribution in [0.2, 0.25) is 0 Å². The summed E-state index contributed by atoms with van der Waals surface area (Å²) in [5, 5.41) is 23.1. The van der Waals surface area contributed by atoms with E-state index >= 15 is 0 Å². The maximum Gasteiger partial charge on any atom is 0.122 e. The normalized spacial score (nSPS) is 51.7. The fourth-order valence-corrected chi connectivity index (χ4v) is 11.8. The van der Waals surface area contributed by atoms with Gasteiger partial charge in [-0.15, -0.1) is 23.5 Å². The Labute approximate surface area is 169 Å². The van der Waals surface area contributed by atoms with Gasteiger partial charge in [-0.2, -0.15) is 23.5 Å². The van der Waals surface area contributed by atoms with Gasteiger partial charge in [0.2, 0.25) is 0 Å². The van der Waals surface area contributed by atoms with Gasteiger partial charge in [-0.25, -0.2) is 0 Å². The Balaban J connectivity index is 1.47. The number of aliphatic hydroxyl groups is 2. The smallest absolute Gasteiger partial charge is 0.122 e. The number of rotatable bonds is 1. The van der Waals surface area contributed by atoms with Gasteiger partial charge < -0.3 is 10.2 Å². The van der Waals surface area contributed by atoms with Crippen LogP contribution in [0.1, 0.15) is 58.3 Å². The van der Waals surface area contributed by atoms with Crippen molar-refractivity contribution in [3.8, 4) is 0 Å². The third kappa shape index (κ3) is 3.91. The molecule has 4 rings (SSSR count). The van der Waals surface area contributed by atoms with E-state index in [9.17, 15) is 10.2 Å². The van der Waals surface area contributed by atoms with Crippen LogP contribution in [0.3, 0.4) is 0 Å². The van der Waals surface area contributed by atoms with Crippen molar-refractivity contribution in [2.75, 3.05) is 23.0 Å². The van der Waals surface area contributed by atoms with Crippen LogP contribution in [0.4, 0.5) is 0 Å². The lowest BCUT2D eigenvalue weighted by molar-refractivity contribution is 0.0560. The fourth-order valence-electron chi connectivity index (χ4n) is 4.96. The highest BCUT2D eigenvalue weighted by atomic mass is 32.2. The van der Waals surface area contributed by atoms with Crippen LogP contribution in [0, 0.1) is 11.3 Å². The average Bonchev–Trinajstić information content (AvgIpc) is 2.87. The first-order valence-corrected chi connectivity index (χ1v) is 14.0. The Bertz CT molecular complexity index is 492. The molecule has 6 unspecified atom stereocenters. The molecule has 0 spiro atoms. The van der Waals surface area contributed by atoms with Gasteiger partial charge in [-0.05, 0) is 67.8 Å². The Morgan fingerprint density at radius 2 is 1.64 bits per heavy atom. The van der Waals surface area contributed by atoms with E-state index in [1.165, 1.54) is 37.2 Å². The van der Waals surface area contributed by atoms with E-state index in [4.69, 9.17) is 0 Å². The van der Waals surface area contributed by atoms with Crippen molar-refractivity contribution in [3.63, 3.8) is 0 Å². The highest BCUT2D eigenvalue weighted by Gasteiger charge is 2.51. The van der Waals surface area contributed by atoms with Crippen LogP contribution < -0.4 is 0 Å². The van der Waals surface area contributed by atoms with E-state index < -0.39 is 9.87 Å². The van der Waals surface area contributed by atoms with E-state index in [2.05, 4.69) is 18.7 Å². The van der Waals surface area contributed by atoms with Gasteiger partial charge in [0, 0.05) is 22.0 Å². The SMILES string of the molecule is CC1(C2CCC3(O)SCCCSC3C2)CSC2CCCCC2(O)SC1. The van der Waals surface area contributed by atoms with Crippen molar-refractivity contribution in [1.82, 2.24) is 0 Å². The van der Waals surface area contributed by atoms with Gasteiger partial charge in [-0.3, -0.25) is 0 Å². The minimum absolute atomic E-state index is 0.293. The van der Waals surface area contributed by atoms with Gasteiger partial charge in [0.15, 0.2) is 0 Å². The largest absolute Gasteiger partial charge is 0.378 e. The molecular weight excluding hydrogens is 388 g/mol. The van der Waals surface area contributed by atoms with Gasteiger partial charge >= 0.3 is 0 Å². The first kappa shape index (κ1) is 19.6. The summed E-state index contributed by atoms with van der Waals surface area (Å²) in [7, 11) is 0. The van der Waals surface area contributed by atoms with Crippen LogP contribution >= 0.6 is 47.0 Å². The standard InChI is InChI=1S/C19H32O2S4/c1-17(12-23-15-5-2-3-7-18(15,20)25-13-17)14-6-8-19(21)16(11-14)22-9-4-10-24-19/h14-16,20-21H,2-13H2,1H3. The third-order valence-electron chi connectivity index (χ3n) is 6.82. The monoisotopic (exact) mass is 420 g/mol. The quantitative estimate of drug-likeness (QED) is 0.633. The lowest BCUT2D eigenvalue weighted by Crippen LogP contribution is -2.47. The van der Waals surface area contributed by atoms with Gasteiger partial charge in [0.25, 0.3) is 0 Å². The lowest BCUT2D eigenvalue weighted by atomic mass is 9.71. The van der Waals surface area contributed by atoms with Crippen molar-refractivity contribution in [2.24, 2.45) is 11.3 Å². The molecule has 0 amide bonds. The maximum absolute atomic E-state index is 11.2. The molecule has 0 bridgehead atoms. The highest BCUT2D eigenvalue weighted by molar-refractivity contribution is 8.05. The van der Waals surface area contributed by atoms with E-state index in [0.29, 0.717) is 21.8 Å². The molecular formula is C19H32O2S4. The predicted molar refractivity (Wildman–Crippen MR) is 116 cm³/mol. The molecule has 4 fully saturated rings. The molecule has 2 nitrogen and oxygen atoms in total. The van der Waals surface area contributed by atoms with E-state index in [0.717, 1.165) is 37.2 Å². The van der Waals surface area contributed by atoms with Crippen LogP contribution in [0.25, 0.3) is 0 Å². The van der Waals surface area contributed by atoms with E-state index in [-0.39, 0.29) is 0 Å². The molecule has 0 aromatic heterocycles. The molecule has 2 aliphatic carbocycles. The minimum atomic E-state index is -0.483.